The summed E-state index contributed by atoms with van der Waals surface area (Å²) >= 11 is 0. The maximum Gasteiger partial charge on any atom is 0.270 e. The topological polar surface area (TPSA) is 79.0 Å². The largest absolute Gasteiger partial charge is 0.378 e. The van der Waals surface area contributed by atoms with E-state index >= 15 is 0 Å². The Balaban J connectivity index is 3.08. The molecule has 1 atom stereocenters. The maximum atomic E-state index is 10.5. The van der Waals surface area contributed by atoms with E-state index < -0.39 is 4.92 Å². The Labute approximate surface area is 93.2 Å². The molecule has 0 fully saturated rings. The molecule has 0 radical (unpaired) electrons. The summed E-state index contributed by atoms with van der Waals surface area (Å²) in [6, 6.07) is 6.05. The van der Waals surface area contributed by atoms with Crippen molar-refractivity contribution in [1.29, 1.82) is 5.26 Å². The lowest BCUT2D eigenvalue weighted by Crippen LogP contribution is -2.12. The molecule has 1 rings (SSSR count). The minimum absolute atomic E-state index is 0.00597. The molecule has 0 amide bonds. The van der Waals surface area contributed by atoms with E-state index in [9.17, 15) is 10.1 Å². The highest BCUT2D eigenvalue weighted by molar-refractivity contribution is 5.61. The van der Waals surface area contributed by atoms with Gasteiger partial charge in [-0.3, -0.25) is 10.1 Å². The minimum atomic E-state index is -0.526. The molecular formula is C11H11N3O2. The van der Waals surface area contributed by atoms with Crippen LogP contribution in [0.3, 0.4) is 0 Å². The number of nitriles is 1. The number of non-ortho nitro benzene ring substituents is 1. The lowest BCUT2D eigenvalue weighted by molar-refractivity contribution is -0.384. The Kier molecular flexibility index (Phi) is 3.62. The van der Waals surface area contributed by atoms with Crippen LogP contribution in [0.25, 0.3) is 0 Å². The third kappa shape index (κ3) is 2.58. The number of nitro groups is 1. The van der Waals surface area contributed by atoms with Crippen LogP contribution < -0.4 is 5.32 Å². The van der Waals surface area contributed by atoms with E-state index in [1.54, 1.807) is 6.08 Å². The highest BCUT2D eigenvalue weighted by atomic mass is 16.6. The van der Waals surface area contributed by atoms with E-state index in [2.05, 4.69) is 11.9 Å². The predicted octanol–water partition coefficient (Wildman–Crippen LogP) is 2.45. The van der Waals surface area contributed by atoms with Crippen molar-refractivity contribution in [2.24, 2.45) is 0 Å². The van der Waals surface area contributed by atoms with E-state index in [0.29, 0.717) is 5.69 Å². The van der Waals surface area contributed by atoms with E-state index in [1.165, 1.54) is 18.2 Å². The summed E-state index contributed by atoms with van der Waals surface area (Å²) in [5, 5.41) is 22.4. The Morgan fingerprint density at radius 3 is 2.88 bits per heavy atom. The molecule has 5 nitrogen and oxygen atoms in total. The highest BCUT2D eigenvalue weighted by Crippen LogP contribution is 2.21. The number of benzene rings is 1. The van der Waals surface area contributed by atoms with Crippen molar-refractivity contribution < 1.29 is 4.92 Å². The monoisotopic (exact) mass is 217 g/mol. The summed E-state index contributed by atoms with van der Waals surface area (Å²) in [5.74, 6) is 0. The molecule has 1 unspecified atom stereocenters. The molecule has 0 aliphatic carbocycles. The fourth-order valence-corrected chi connectivity index (χ4v) is 1.17. The van der Waals surface area contributed by atoms with Gasteiger partial charge in [-0.2, -0.15) is 5.26 Å². The normalized spacial score (nSPS) is 11.2. The minimum Gasteiger partial charge on any atom is -0.378 e. The third-order valence-corrected chi connectivity index (χ3v) is 2.07. The summed E-state index contributed by atoms with van der Waals surface area (Å²) in [6.45, 7) is 5.48. The number of hydrogen-bond acceptors (Lipinski definition) is 4. The summed E-state index contributed by atoms with van der Waals surface area (Å²) in [4.78, 5) is 9.99. The van der Waals surface area contributed by atoms with Gasteiger partial charge in [0.2, 0.25) is 0 Å². The zero-order valence-electron chi connectivity index (χ0n) is 8.80. The Morgan fingerprint density at radius 1 is 1.69 bits per heavy atom. The van der Waals surface area contributed by atoms with Gasteiger partial charge < -0.3 is 5.32 Å². The van der Waals surface area contributed by atoms with Gasteiger partial charge >= 0.3 is 0 Å². The van der Waals surface area contributed by atoms with Gasteiger partial charge in [-0.15, -0.1) is 6.58 Å². The van der Waals surface area contributed by atoms with Gasteiger partial charge in [0, 0.05) is 18.2 Å². The van der Waals surface area contributed by atoms with E-state index in [-0.39, 0.29) is 17.3 Å². The maximum absolute atomic E-state index is 10.5. The first kappa shape index (κ1) is 11.7. The second kappa shape index (κ2) is 4.94. The second-order valence-corrected chi connectivity index (χ2v) is 3.27. The average Bonchev–Trinajstić information content (AvgIpc) is 2.29. The number of anilines is 1. The van der Waals surface area contributed by atoms with Crippen LogP contribution in [0.1, 0.15) is 12.5 Å². The van der Waals surface area contributed by atoms with Crippen molar-refractivity contribution in [3.05, 3.63) is 46.5 Å². The number of nitrogens with one attached hydrogen (secondary N) is 1. The smallest absolute Gasteiger partial charge is 0.270 e. The zero-order valence-corrected chi connectivity index (χ0v) is 8.80. The van der Waals surface area contributed by atoms with Crippen molar-refractivity contribution in [3.63, 3.8) is 0 Å². The van der Waals surface area contributed by atoms with Gasteiger partial charge in [0.1, 0.15) is 6.07 Å². The van der Waals surface area contributed by atoms with Crippen molar-refractivity contribution in [2.75, 3.05) is 5.32 Å². The molecule has 16 heavy (non-hydrogen) atoms. The molecule has 0 spiro atoms. The third-order valence-electron chi connectivity index (χ3n) is 2.07. The van der Waals surface area contributed by atoms with Crippen molar-refractivity contribution in [3.8, 4) is 6.07 Å². The highest BCUT2D eigenvalue weighted by Gasteiger charge is 2.10. The Bertz CT molecular complexity index is 463. The van der Waals surface area contributed by atoms with Crippen molar-refractivity contribution in [2.45, 2.75) is 13.0 Å². The summed E-state index contributed by atoms with van der Waals surface area (Å²) < 4.78 is 0. The molecule has 0 aromatic heterocycles. The van der Waals surface area contributed by atoms with E-state index in [4.69, 9.17) is 5.26 Å². The predicted molar refractivity (Wildman–Crippen MR) is 61.1 cm³/mol. The molecule has 1 N–H and O–H groups in total. The van der Waals surface area contributed by atoms with Crippen molar-refractivity contribution in [1.82, 2.24) is 0 Å². The van der Waals surface area contributed by atoms with Crippen LogP contribution in [-0.2, 0) is 0 Å². The molecule has 0 aliphatic heterocycles. The SMILES string of the molecule is C=CC(C)Nc1ccc([N+](=O)[O-])cc1C#N. The van der Waals surface area contributed by atoms with Crippen LogP contribution in [0.15, 0.2) is 30.9 Å². The molecule has 0 saturated heterocycles. The van der Waals surface area contributed by atoms with Gasteiger partial charge in [0.25, 0.3) is 5.69 Å². The fourth-order valence-electron chi connectivity index (χ4n) is 1.17. The van der Waals surface area contributed by atoms with Crippen LogP contribution in [-0.4, -0.2) is 11.0 Å². The molecule has 0 heterocycles. The van der Waals surface area contributed by atoms with Gasteiger partial charge in [-0.05, 0) is 13.0 Å². The van der Waals surface area contributed by atoms with Gasteiger partial charge in [0.15, 0.2) is 0 Å². The van der Waals surface area contributed by atoms with Crippen LogP contribution in [0.2, 0.25) is 0 Å². The Morgan fingerprint density at radius 2 is 2.38 bits per heavy atom. The van der Waals surface area contributed by atoms with Gasteiger partial charge in [-0.1, -0.05) is 6.08 Å². The van der Waals surface area contributed by atoms with Gasteiger partial charge in [0.05, 0.1) is 16.2 Å². The first-order valence-electron chi connectivity index (χ1n) is 4.66. The standard InChI is InChI=1S/C11H11N3O2/c1-3-8(2)13-11-5-4-10(14(15)16)6-9(11)7-12/h3-6,8,13H,1H2,2H3. The fraction of sp³-hybridized carbons (Fsp3) is 0.182. The average molecular weight is 217 g/mol. The lowest BCUT2D eigenvalue weighted by Gasteiger charge is -2.11. The second-order valence-electron chi connectivity index (χ2n) is 3.27. The summed E-state index contributed by atoms with van der Waals surface area (Å²) in [6.07, 6.45) is 1.68. The molecular weight excluding hydrogens is 206 g/mol. The number of rotatable bonds is 4. The summed E-state index contributed by atoms with van der Waals surface area (Å²) in [7, 11) is 0. The molecule has 0 bridgehead atoms. The van der Waals surface area contributed by atoms with Crippen molar-refractivity contribution >= 4 is 11.4 Å². The van der Waals surface area contributed by atoms with Crippen LogP contribution in [0, 0.1) is 21.4 Å². The Hall–Kier alpha value is -2.35. The first-order valence-corrected chi connectivity index (χ1v) is 4.66. The molecule has 5 heteroatoms. The lowest BCUT2D eigenvalue weighted by atomic mass is 10.1. The zero-order chi connectivity index (χ0) is 12.1. The van der Waals surface area contributed by atoms with Crippen LogP contribution >= 0.6 is 0 Å². The van der Waals surface area contributed by atoms with Crippen LogP contribution in [0.4, 0.5) is 11.4 Å². The quantitative estimate of drug-likeness (QED) is 0.477. The van der Waals surface area contributed by atoms with Gasteiger partial charge in [-0.25, -0.2) is 0 Å². The van der Waals surface area contributed by atoms with Crippen LogP contribution in [0.5, 0.6) is 0 Å². The summed E-state index contributed by atoms with van der Waals surface area (Å²) in [5.41, 5.74) is 0.733. The van der Waals surface area contributed by atoms with E-state index in [1.807, 2.05) is 13.0 Å². The molecule has 1 aromatic rings. The first-order chi connectivity index (χ1) is 7.58. The number of hydrogen-bond donors (Lipinski definition) is 1. The molecule has 82 valence electrons. The molecule has 1 aromatic carbocycles. The number of nitrogens with zero attached hydrogens (tertiary/aromatic N) is 2. The number of nitro benzene ring substituents is 1. The molecule has 0 aliphatic rings. The molecule has 0 saturated carbocycles. The van der Waals surface area contributed by atoms with E-state index in [0.717, 1.165) is 0 Å².